The summed E-state index contributed by atoms with van der Waals surface area (Å²) >= 11 is 4.65. The number of aryl methyl sites for hydroxylation is 1. The zero-order valence-electron chi connectivity index (χ0n) is 6.35. The molecule has 62 valence electrons. The third-order valence-electron chi connectivity index (χ3n) is 1.70. The Bertz CT molecular complexity index is 443. The predicted molar refractivity (Wildman–Crippen MR) is 54.9 cm³/mol. The fourth-order valence-corrected chi connectivity index (χ4v) is 2.23. The van der Waals surface area contributed by atoms with Gasteiger partial charge >= 0.3 is 4.87 Å². The van der Waals surface area contributed by atoms with Crippen molar-refractivity contribution in [3.05, 3.63) is 31.8 Å². The van der Waals surface area contributed by atoms with E-state index in [1.165, 1.54) is 11.3 Å². The first kappa shape index (κ1) is 8.01. The van der Waals surface area contributed by atoms with Crippen molar-refractivity contribution in [1.82, 2.24) is 4.98 Å². The molecule has 0 saturated heterocycles. The number of hydrogen-bond donors (Lipinski definition) is 1. The first-order valence-electron chi connectivity index (χ1n) is 3.46. The summed E-state index contributed by atoms with van der Waals surface area (Å²) < 4.78 is 2.05. The monoisotopic (exact) mass is 243 g/mol. The lowest BCUT2D eigenvalue weighted by atomic mass is 10.2. The number of aromatic amines is 1. The van der Waals surface area contributed by atoms with Crippen LogP contribution in [0, 0.1) is 6.92 Å². The number of rotatable bonds is 0. The molecule has 1 heterocycles. The second-order valence-electron chi connectivity index (χ2n) is 2.61. The summed E-state index contributed by atoms with van der Waals surface area (Å²) in [5, 5.41) is 0. The largest absolute Gasteiger partial charge is 0.312 e. The van der Waals surface area contributed by atoms with Crippen molar-refractivity contribution in [3.63, 3.8) is 0 Å². The molecule has 0 aliphatic carbocycles. The molecule has 12 heavy (non-hydrogen) atoms. The summed E-state index contributed by atoms with van der Waals surface area (Å²) in [5.41, 5.74) is 2.06. The van der Waals surface area contributed by atoms with Gasteiger partial charge in [-0.05, 0) is 24.6 Å². The smallest absolute Gasteiger partial charge is 0.305 e. The van der Waals surface area contributed by atoms with Crippen LogP contribution >= 0.6 is 27.3 Å². The van der Waals surface area contributed by atoms with Crippen molar-refractivity contribution in [2.75, 3.05) is 0 Å². The highest BCUT2D eigenvalue weighted by Crippen LogP contribution is 2.23. The molecule has 0 unspecified atom stereocenters. The Morgan fingerprint density at radius 3 is 3.00 bits per heavy atom. The van der Waals surface area contributed by atoms with Crippen molar-refractivity contribution in [1.29, 1.82) is 0 Å². The average Bonchev–Trinajstić information content (AvgIpc) is 2.30. The Morgan fingerprint density at radius 1 is 1.50 bits per heavy atom. The standard InChI is InChI=1S/C8H6BrNOS/c1-4-2-7-6(3-5(4)9)10-8(11)12-7/h2-3H,1H3,(H,10,11). The summed E-state index contributed by atoms with van der Waals surface area (Å²) in [6.07, 6.45) is 0. The van der Waals surface area contributed by atoms with E-state index in [0.29, 0.717) is 0 Å². The van der Waals surface area contributed by atoms with Crippen molar-refractivity contribution in [3.8, 4) is 0 Å². The minimum atomic E-state index is 0.00231. The van der Waals surface area contributed by atoms with Crippen LogP contribution in [-0.4, -0.2) is 4.98 Å². The third kappa shape index (κ3) is 1.21. The van der Waals surface area contributed by atoms with Gasteiger partial charge < -0.3 is 4.98 Å². The molecule has 0 saturated carbocycles. The van der Waals surface area contributed by atoms with Crippen LogP contribution in [0.1, 0.15) is 5.56 Å². The lowest BCUT2D eigenvalue weighted by molar-refractivity contribution is 1.39. The van der Waals surface area contributed by atoms with Gasteiger partial charge in [-0.25, -0.2) is 0 Å². The number of H-pyrrole nitrogens is 1. The Balaban J connectivity index is 2.92. The van der Waals surface area contributed by atoms with E-state index < -0.39 is 0 Å². The van der Waals surface area contributed by atoms with E-state index in [1.807, 2.05) is 19.1 Å². The van der Waals surface area contributed by atoms with E-state index in [4.69, 9.17) is 0 Å². The second kappa shape index (κ2) is 2.71. The van der Waals surface area contributed by atoms with Crippen LogP contribution in [0.25, 0.3) is 10.2 Å². The lowest BCUT2D eigenvalue weighted by Crippen LogP contribution is -1.89. The maximum absolute atomic E-state index is 11.0. The molecule has 0 aliphatic rings. The molecule has 2 aromatic rings. The Morgan fingerprint density at radius 2 is 2.25 bits per heavy atom. The molecule has 2 nitrogen and oxygen atoms in total. The number of hydrogen-bond acceptors (Lipinski definition) is 2. The van der Waals surface area contributed by atoms with Crippen LogP contribution < -0.4 is 4.87 Å². The van der Waals surface area contributed by atoms with Crippen LogP contribution in [0.2, 0.25) is 0 Å². The van der Waals surface area contributed by atoms with Gasteiger partial charge in [-0.3, -0.25) is 4.79 Å². The first-order valence-corrected chi connectivity index (χ1v) is 5.07. The van der Waals surface area contributed by atoms with E-state index in [9.17, 15) is 4.79 Å². The molecule has 0 radical (unpaired) electrons. The molecular weight excluding hydrogens is 238 g/mol. The van der Waals surface area contributed by atoms with Crippen molar-refractivity contribution < 1.29 is 0 Å². The predicted octanol–water partition coefficient (Wildman–Crippen LogP) is 2.66. The van der Waals surface area contributed by atoms with E-state index in [0.717, 1.165) is 20.3 Å². The molecule has 0 amide bonds. The Labute approximate surface area is 81.4 Å². The lowest BCUT2D eigenvalue weighted by Gasteiger charge is -1.95. The van der Waals surface area contributed by atoms with E-state index >= 15 is 0 Å². The Kier molecular flexibility index (Phi) is 1.81. The molecule has 0 bridgehead atoms. The number of aromatic nitrogens is 1. The summed E-state index contributed by atoms with van der Waals surface area (Å²) in [4.78, 5) is 13.7. The summed E-state index contributed by atoms with van der Waals surface area (Å²) in [6.45, 7) is 2.01. The zero-order chi connectivity index (χ0) is 8.72. The molecule has 0 spiro atoms. The van der Waals surface area contributed by atoms with Gasteiger partial charge in [0.05, 0.1) is 10.2 Å². The molecule has 1 aromatic carbocycles. The molecule has 4 heteroatoms. The third-order valence-corrected chi connectivity index (χ3v) is 3.40. The van der Waals surface area contributed by atoms with Crippen molar-refractivity contribution in [2.24, 2.45) is 0 Å². The van der Waals surface area contributed by atoms with Gasteiger partial charge in [0.25, 0.3) is 0 Å². The summed E-state index contributed by atoms with van der Waals surface area (Å²) in [5.74, 6) is 0. The molecule has 0 atom stereocenters. The molecule has 0 fully saturated rings. The highest BCUT2D eigenvalue weighted by Gasteiger charge is 2.01. The van der Waals surface area contributed by atoms with Gasteiger partial charge in [-0.1, -0.05) is 27.3 Å². The quantitative estimate of drug-likeness (QED) is 0.759. The van der Waals surface area contributed by atoms with E-state index in [-0.39, 0.29) is 4.87 Å². The van der Waals surface area contributed by atoms with Gasteiger partial charge in [0.15, 0.2) is 0 Å². The minimum absolute atomic E-state index is 0.00231. The second-order valence-corrected chi connectivity index (χ2v) is 4.48. The number of nitrogens with one attached hydrogen (secondary N) is 1. The summed E-state index contributed by atoms with van der Waals surface area (Å²) in [6, 6.07) is 3.94. The molecular formula is C8H6BrNOS. The van der Waals surface area contributed by atoms with E-state index in [1.54, 1.807) is 0 Å². The fourth-order valence-electron chi connectivity index (χ4n) is 1.07. The zero-order valence-corrected chi connectivity index (χ0v) is 8.75. The fraction of sp³-hybridized carbons (Fsp3) is 0.125. The van der Waals surface area contributed by atoms with Crippen LogP contribution in [0.3, 0.4) is 0 Å². The Hall–Kier alpha value is -0.610. The maximum atomic E-state index is 11.0. The first-order chi connectivity index (χ1) is 5.66. The number of halogens is 1. The van der Waals surface area contributed by atoms with Gasteiger partial charge in [0.2, 0.25) is 0 Å². The van der Waals surface area contributed by atoms with Gasteiger partial charge in [0.1, 0.15) is 0 Å². The van der Waals surface area contributed by atoms with Crippen LogP contribution in [-0.2, 0) is 0 Å². The van der Waals surface area contributed by atoms with Gasteiger partial charge in [-0.15, -0.1) is 0 Å². The number of benzene rings is 1. The normalized spacial score (nSPS) is 10.8. The SMILES string of the molecule is Cc1cc2sc(=O)[nH]c2cc1Br. The average molecular weight is 244 g/mol. The van der Waals surface area contributed by atoms with Crippen LogP contribution in [0.4, 0.5) is 0 Å². The van der Waals surface area contributed by atoms with Crippen LogP contribution in [0.5, 0.6) is 0 Å². The maximum Gasteiger partial charge on any atom is 0.305 e. The molecule has 0 aliphatic heterocycles. The van der Waals surface area contributed by atoms with Gasteiger partial charge in [-0.2, -0.15) is 0 Å². The van der Waals surface area contributed by atoms with Crippen molar-refractivity contribution >= 4 is 37.5 Å². The van der Waals surface area contributed by atoms with Gasteiger partial charge in [0, 0.05) is 4.47 Å². The molecule has 1 aromatic heterocycles. The summed E-state index contributed by atoms with van der Waals surface area (Å²) in [7, 11) is 0. The minimum Gasteiger partial charge on any atom is -0.312 e. The number of fused-ring (bicyclic) bond motifs is 1. The molecule has 2 rings (SSSR count). The molecule has 1 N–H and O–H groups in total. The highest BCUT2D eigenvalue weighted by atomic mass is 79.9. The van der Waals surface area contributed by atoms with E-state index in [2.05, 4.69) is 20.9 Å². The van der Waals surface area contributed by atoms with Crippen molar-refractivity contribution in [2.45, 2.75) is 6.92 Å². The number of thiazole rings is 1. The van der Waals surface area contributed by atoms with Crippen LogP contribution in [0.15, 0.2) is 21.4 Å². The highest BCUT2D eigenvalue weighted by molar-refractivity contribution is 9.10. The topological polar surface area (TPSA) is 32.9 Å².